The van der Waals surface area contributed by atoms with Gasteiger partial charge in [0.15, 0.2) is 5.96 Å². The zero-order valence-electron chi connectivity index (χ0n) is 15.1. The second-order valence-corrected chi connectivity index (χ2v) is 7.09. The lowest BCUT2D eigenvalue weighted by Crippen LogP contribution is -2.27. The highest BCUT2D eigenvalue weighted by atomic mass is 35.5. The number of nitrogens with zero attached hydrogens (tertiary/aromatic N) is 2. The van der Waals surface area contributed by atoms with Crippen LogP contribution in [0.15, 0.2) is 41.4 Å². The Morgan fingerprint density at radius 1 is 1.23 bits per heavy atom. The standard InChI is InChI=1S/C20H26ClN5/c1-14-12-15(16-6-2-3-7-17(16)21)13-18(22)19(14)25-20(23)24-8-11-26-9-4-5-10-26/h2-3,6-7,12-13H,4-5,8-11,22H2,1H3,(H3,23,24,25). The zero-order chi connectivity index (χ0) is 18.5. The molecule has 0 unspecified atom stereocenters. The van der Waals surface area contributed by atoms with E-state index in [1.807, 2.05) is 37.3 Å². The molecule has 0 spiro atoms. The quantitative estimate of drug-likeness (QED) is 0.425. The molecule has 2 aromatic rings. The lowest BCUT2D eigenvalue weighted by Gasteiger charge is -2.16. The van der Waals surface area contributed by atoms with Gasteiger partial charge >= 0.3 is 0 Å². The van der Waals surface area contributed by atoms with E-state index in [1.165, 1.54) is 25.9 Å². The number of aliphatic imine (C=N–C) groups is 1. The first-order valence-corrected chi connectivity index (χ1v) is 9.36. The number of likely N-dealkylation sites (tertiary alicyclic amines) is 1. The van der Waals surface area contributed by atoms with E-state index >= 15 is 0 Å². The summed E-state index contributed by atoms with van der Waals surface area (Å²) in [6.45, 7) is 5.96. The fourth-order valence-corrected chi connectivity index (χ4v) is 3.57. The van der Waals surface area contributed by atoms with Crippen molar-refractivity contribution >= 4 is 28.9 Å². The molecule has 2 aromatic carbocycles. The lowest BCUT2D eigenvalue weighted by molar-refractivity contribution is 0.349. The van der Waals surface area contributed by atoms with Crippen LogP contribution in [0.25, 0.3) is 11.1 Å². The van der Waals surface area contributed by atoms with E-state index in [0.717, 1.165) is 28.9 Å². The van der Waals surface area contributed by atoms with Crippen LogP contribution in [0.4, 0.5) is 11.4 Å². The molecule has 0 saturated carbocycles. The molecule has 3 rings (SSSR count). The van der Waals surface area contributed by atoms with Gasteiger partial charge < -0.3 is 21.7 Å². The van der Waals surface area contributed by atoms with Gasteiger partial charge in [-0.15, -0.1) is 0 Å². The van der Waals surface area contributed by atoms with Crippen LogP contribution >= 0.6 is 11.6 Å². The minimum atomic E-state index is 0.393. The van der Waals surface area contributed by atoms with Crippen molar-refractivity contribution < 1.29 is 0 Å². The number of nitrogens with one attached hydrogen (secondary N) is 1. The van der Waals surface area contributed by atoms with Crippen molar-refractivity contribution in [1.82, 2.24) is 4.90 Å². The maximum Gasteiger partial charge on any atom is 0.193 e. The van der Waals surface area contributed by atoms with Crippen molar-refractivity contribution in [1.29, 1.82) is 0 Å². The Morgan fingerprint density at radius 2 is 1.96 bits per heavy atom. The van der Waals surface area contributed by atoms with Gasteiger partial charge in [0.05, 0.1) is 17.9 Å². The number of hydrogen-bond acceptors (Lipinski definition) is 3. The van der Waals surface area contributed by atoms with Crippen LogP contribution in [0.5, 0.6) is 0 Å². The highest BCUT2D eigenvalue weighted by Crippen LogP contribution is 2.33. The van der Waals surface area contributed by atoms with E-state index in [-0.39, 0.29) is 0 Å². The fraction of sp³-hybridized carbons (Fsp3) is 0.350. The number of nitrogens with two attached hydrogens (primary N) is 2. The summed E-state index contributed by atoms with van der Waals surface area (Å²) in [7, 11) is 0. The van der Waals surface area contributed by atoms with E-state index in [0.29, 0.717) is 23.2 Å². The number of nitrogen functional groups attached to an aromatic ring is 1. The Bertz CT molecular complexity index is 774. The summed E-state index contributed by atoms with van der Waals surface area (Å²) in [6, 6.07) is 11.7. The largest absolute Gasteiger partial charge is 0.397 e. The molecular weight excluding hydrogens is 346 g/mol. The third-order valence-electron chi connectivity index (χ3n) is 4.70. The van der Waals surface area contributed by atoms with Gasteiger partial charge in [-0.2, -0.15) is 0 Å². The van der Waals surface area contributed by atoms with E-state index in [2.05, 4.69) is 21.3 Å². The van der Waals surface area contributed by atoms with Crippen LogP contribution in [0.3, 0.4) is 0 Å². The molecule has 1 aliphatic heterocycles. The van der Waals surface area contributed by atoms with E-state index in [9.17, 15) is 0 Å². The van der Waals surface area contributed by atoms with Crippen molar-refractivity contribution in [3.05, 3.63) is 47.0 Å². The highest BCUT2D eigenvalue weighted by Gasteiger charge is 2.12. The Morgan fingerprint density at radius 3 is 2.65 bits per heavy atom. The summed E-state index contributed by atoms with van der Waals surface area (Å²) in [5.74, 6) is 0.393. The Labute approximate surface area is 160 Å². The molecule has 5 nitrogen and oxygen atoms in total. The smallest absolute Gasteiger partial charge is 0.193 e. The fourth-order valence-electron chi connectivity index (χ4n) is 3.32. The molecule has 0 atom stereocenters. The number of hydrogen-bond donors (Lipinski definition) is 3. The molecule has 1 aliphatic rings. The summed E-state index contributed by atoms with van der Waals surface area (Å²) in [5.41, 5.74) is 16.7. The average molecular weight is 372 g/mol. The molecule has 0 amide bonds. The number of aryl methyl sites for hydroxylation is 1. The topological polar surface area (TPSA) is 79.7 Å². The van der Waals surface area contributed by atoms with Gasteiger partial charge in [0.1, 0.15) is 0 Å². The highest BCUT2D eigenvalue weighted by molar-refractivity contribution is 6.33. The van der Waals surface area contributed by atoms with Crippen molar-refractivity contribution in [3.63, 3.8) is 0 Å². The van der Waals surface area contributed by atoms with Gasteiger partial charge in [-0.3, -0.25) is 4.99 Å². The molecule has 0 bridgehead atoms. The molecule has 0 aliphatic carbocycles. The van der Waals surface area contributed by atoms with Gasteiger partial charge in [0, 0.05) is 17.1 Å². The monoisotopic (exact) mass is 371 g/mol. The molecular formula is C20H26ClN5. The third kappa shape index (κ3) is 4.48. The molecule has 138 valence electrons. The van der Waals surface area contributed by atoms with Crippen LogP contribution < -0.4 is 16.8 Å². The third-order valence-corrected chi connectivity index (χ3v) is 5.03. The average Bonchev–Trinajstić information content (AvgIpc) is 3.12. The van der Waals surface area contributed by atoms with E-state index in [4.69, 9.17) is 23.1 Å². The van der Waals surface area contributed by atoms with E-state index < -0.39 is 0 Å². The number of halogens is 1. The second-order valence-electron chi connectivity index (χ2n) is 6.68. The minimum absolute atomic E-state index is 0.393. The number of guanidine groups is 1. The molecule has 1 heterocycles. The normalized spacial score (nSPS) is 15.4. The minimum Gasteiger partial charge on any atom is -0.397 e. The van der Waals surface area contributed by atoms with Crippen LogP contribution in [0.2, 0.25) is 5.02 Å². The summed E-state index contributed by atoms with van der Waals surface area (Å²) < 4.78 is 0. The summed E-state index contributed by atoms with van der Waals surface area (Å²) in [5, 5.41) is 3.85. The van der Waals surface area contributed by atoms with Gasteiger partial charge in [0.25, 0.3) is 0 Å². The number of benzene rings is 2. The molecule has 26 heavy (non-hydrogen) atoms. The van der Waals surface area contributed by atoms with Gasteiger partial charge in [-0.1, -0.05) is 29.8 Å². The van der Waals surface area contributed by atoms with E-state index in [1.54, 1.807) is 0 Å². The van der Waals surface area contributed by atoms with Crippen molar-refractivity contribution in [3.8, 4) is 11.1 Å². The van der Waals surface area contributed by atoms with Crippen LogP contribution in [-0.2, 0) is 0 Å². The number of rotatable bonds is 5. The zero-order valence-corrected chi connectivity index (χ0v) is 15.9. The summed E-state index contributed by atoms with van der Waals surface area (Å²) in [6.07, 6.45) is 2.57. The molecule has 1 saturated heterocycles. The maximum atomic E-state index is 6.30. The Balaban J connectivity index is 1.71. The first-order valence-electron chi connectivity index (χ1n) is 8.99. The van der Waals surface area contributed by atoms with Crippen LogP contribution in [0.1, 0.15) is 18.4 Å². The Hall–Kier alpha value is -2.24. The maximum absolute atomic E-state index is 6.30. The summed E-state index contributed by atoms with van der Waals surface area (Å²) >= 11 is 6.30. The first kappa shape index (κ1) is 18.5. The number of anilines is 2. The molecule has 5 N–H and O–H groups in total. The first-order chi connectivity index (χ1) is 12.5. The van der Waals surface area contributed by atoms with Gasteiger partial charge in [0.2, 0.25) is 0 Å². The molecule has 0 aromatic heterocycles. The lowest BCUT2D eigenvalue weighted by atomic mass is 10.0. The predicted molar refractivity (Wildman–Crippen MR) is 112 cm³/mol. The van der Waals surface area contributed by atoms with Crippen molar-refractivity contribution in [2.45, 2.75) is 19.8 Å². The molecule has 0 radical (unpaired) electrons. The van der Waals surface area contributed by atoms with Crippen LogP contribution in [-0.4, -0.2) is 37.0 Å². The SMILES string of the molecule is Cc1cc(-c2ccccc2Cl)cc(N)c1NC(N)=NCCN1CCCC1. The molecule has 6 heteroatoms. The second kappa shape index (κ2) is 8.43. The summed E-state index contributed by atoms with van der Waals surface area (Å²) in [4.78, 5) is 6.84. The predicted octanol–water partition coefficient (Wildman–Crippen LogP) is 3.72. The van der Waals surface area contributed by atoms with Crippen molar-refractivity contribution in [2.75, 3.05) is 37.2 Å². The molecule has 1 fully saturated rings. The Kier molecular flexibility index (Phi) is 6.01. The van der Waals surface area contributed by atoms with Crippen LogP contribution in [0, 0.1) is 6.92 Å². The van der Waals surface area contributed by atoms with Crippen molar-refractivity contribution in [2.24, 2.45) is 10.7 Å². The van der Waals surface area contributed by atoms with Gasteiger partial charge in [-0.25, -0.2) is 0 Å². The van der Waals surface area contributed by atoms with Gasteiger partial charge in [-0.05, 0) is 62.2 Å².